The summed E-state index contributed by atoms with van der Waals surface area (Å²) < 4.78 is 9.94. The third-order valence-corrected chi connectivity index (χ3v) is 2.99. The first kappa shape index (κ1) is 14.5. The molecule has 1 amide bonds. The van der Waals surface area contributed by atoms with Gasteiger partial charge in [-0.05, 0) is 19.8 Å². The van der Waals surface area contributed by atoms with Crippen molar-refractivity contribution in [1.29, 1.82) is 5.26 Å². The van der Waals surface area contributed by atoms with Gasteiger partial charge >= 0.3 is 5.97 Å². The fraction of sp³-hybridized carbons (Fsp3) is 0.750. The molecule has 0 bridgehead atoms. The first-order valence-electron chi connectivity index (χ1n) is 5.96. The predicted molar refractivity (Wildman–Crippen MR) is 62.4 cm³/mol. The van der Waals surface area contributed by atoms with Gasteiger partial charge in [0, 0.05) is 20.3 Å². The lowest BCUT2D eigenvalue weighted by Gasteiger charge is -2.32. The zero-order chi connectivity index (χ0) is 13.6. The Morgan fingerprint density at radius 3 is 2.56 bits per heavy atom. The Kier molecular flexibility index (Phi) is 5.10. The zero-order valence-electron chi connectivity index (χ0n) is 10.8. The van der Waals surface area contributed by atoms with Gasteiger partial charge < -0.3 is 14.4 Å². The van der Waals surface area contributed by atoms with Crippen LogP contribution in [0.3, 0.4) is 0 Å². The number of carbonyl (C=O) groups excluding carboxylic acids is 2. The van der Waals surface area contributed by atoms with Gasteiger partial charge in [0.2, 0.25) is 5.91 Å². The highest BCUT2D eigenvalue weighted by Crippen LogP contribution is 2.31. The second-order valence-electron chi connectivity index (χ2n) is 4.27. The Hall–Kier alpha value is -1.61. The van der Waals surface area contributed by atoms with Gasteiger partial charge in [0.05, 0.1) is 12.7 Å². The molecule has 0 aromatic heterocycles. The molecule has 0 radical (unpaired) electrons. The molecule has 1 saturated heterocycles. The molecule has 0 spiro atoms. The molecule has 0 N–H and O–H groups in total. The first-order chi connectivity index (χ1) is 8.55. The van der Waals surface area contributed by atoms with Crippen LogP contribution in [0.5, 0.6) is 0 Å². The lowest BCUT2D eigenvalue weighted by Crippen LogP contribution is -2.46. The second-order valence-corrected chi connectivity index (χ2v) is 4.27. The van der Waals surface area contributed by atoms with Crippen LogP contribution in [0.25, 0.3) is 0 Å². The summed E-state index contributed by atoms with van der Waals surface area (Å²) in [6.07, 6.45) is 0.741. The van der Waals surface area contributed by atoms with Gasteiger partial charge in [-0.25, -0.2) is 0 Å². The van der Waals surface area contributed by atoms with E-state index in [1.54, 1.807) is 6.92 Å². The van der Waals surface area contributed by atoms with Crippen LogP contribution >= 0.6 is 0 Å². The van der Waals surface area contributed by atoms with Crippen molar-refractivity contribution in [3.8, 4) is 6.07 Å². The van der Waals surface area contributed by atoms with Crippen molar-refractivity contribution >= 4 is 11.9 Å². The second kappa shape index (κ2) is 6.36. The standard InChI is InChI=1S/C12H18N2O4/c1-3-18-10(15)8-14(2)11(16)12(9-13)4-6-17-7-5-12/h3-8H2,1-2H3. The molecule has 0 atom stereocenters. The molecular weight excluding hydrogens is 236 g/mol. The molecule has 100 valence electrons. The number of amides is 1. The molecule has 0 aliphatic carbocycles. The number of hydrogen-bond donors (Lipinski definition) is 0. The average molecular weight is 254 g/mol. The summed E-state index contributed by atoms with van der Waals surface area (Å²) in [5.41, 5.74) is -1.06. The van der Waals surface area contributed by atoms with Gasteiger partial charge in [-0.3, -0.25) is 9.59 Å². The lowest BCUT2D eigenvalue weighted by atomic mass is 9.80. The minimum absolute atomic E-state index is 0.128. The Bertz CT molecular complexity index is 356. The maximum atomic E-state index is 12.2. The van der Waals surface area contributed by atoms with Crippen LogP contribution in [-0.2, 0) is 19.1 Å². The molecular formula is C12H18N2O4. The Balaban J connectivity index is 2.66. The normalized spacial score (nSPS) is 17.6. The summed E-state index contributed by atoms with van der Waals surface area (Å²) in [5.74, 6) is -0.796. The van der Waals surface area contributed by atoms with Gasteiger partial charge in [-0.1, -0.05) is 0 Å². The van der Waals surface area contributed by atoms with Crippen LogP contribution in [0.1, 0.15) is 19.8 Å². The number of likely N-dealkylation sites (N-methyl/N-ethyl adjacent to an activating group) is 1. The maximum Gasteiger partial charge on any atom is 0.325 e. The van der Waals surface area contributed by atoms with E-state index >= 15 is 0 Å². The molecule has 6 nitrogen and oxygen atoms in total. The van der Waals surface area contributed by atoms with Crippen molar-refractivity contribution in [2.75, 3.05) is 33.4 Å². The first-order valence-corrected chi connectivity index (χ1v) is 5.96. The molecule has 1 fully saturated rings. The number of nitrogens with zero attached hydrogens (tertiary/aromatic N) is 2. The summed E-state index contributed by atoms with van der Waals surface area (Å²) in [4.78, 5) is 24.8. The van der Waals surface area contributed by atoms with E-state index in [9.17, 15) is 14.9 Å². The molecule has 0 aromatic carbocycles. The summed E-state index contributed by atoms with van der Waals surface area (Å²) in [5, 5.41) is 9.23. The van der Waals surface area contributed by atoms with Gasteiger partial charge in [0.1, 0.15) is 12.0 Å². The Morgan fingerprint density at radius 1 is 1.44 bits per heavy atom. The highest BCUT2D eigenvalue weighted by molar-refractivity contribution is 5.88. The fourth-order valence-corrected chi connectivity index (χ4v) is 1.93. The van der Waals surface area contributed by atoms with Gasteiger partial charge in [0.25, 0.3) is 0 Å². The Labute approximate surface area is 106 Å². The van der Waals surface area contributed by atoms with E-state index in [0.29, 0.717) is 26.1 Å². The summed E-state index contributed by atoms with van der Waals surface area (Å²) in [6.45, 7) is 2.64. The van der Waals surface area contributed by atoms with Crippen LogP contribution < -0.4 is 0 Å². The van der Waals surface area contributed by atoms with E-state index in [1.807, 2.05) is 0 Å². The van der Waals surface area contributed by atoms with Gasteiger partial charge in [0.15, 0.2) is 0 Å². The molecule has 1 aliphatic rings. The quantitative estimate of drug-likeness (QED) is 0.675. The van der Waals surface area contributed by atoms with Crippen LogP contribution in [0.4, 0.5) is 0 Å². The molecule has 0 unspecified atom stereocenters. The van der Waals surface area contributed by atoms with Crippen molar-refractivity contribution in [1.82, 2.24) is 4.90 Å². The monoisotopic (exact) mass is 254 g/mol. The molecule has 1 aliphatic heterocycles. The number of nitriles is 1. The smallest absolute Gasteiger partial charge is 0.325 e. The average Bonchev–Trinajstić information content (AvgIpc) is 2.38. The van der Waals surface area contributed by atoms with Crippen molar-refractivity contribution in [2.45, 2.75) is 19.8 Å². The number of hydrogen-bond acceptors (Lipinski definition) is 5. The largest absolute Gasteiger partial charge is 0.465 e. The van der Waals surface area contributed by atoms with E-state index in [-0.39, 0.29) is 19.1 Å². The number of rotatable bonds is 4. The third kappa shape index (κ3) is 3.20. The topological polar surface area (TPSA) is 79.6 Å². The molecule has 6 heteroatoms. The molecule has 1 rings (SSSR count). The summed E-state index contributed by atoms with van der Waals surface area (Å²) in [6, 6.07) is 2.08. The predicted octanol–water partition coefficient (Wildman–Crippen LogP) is 0.328. The lowest BCUT2D eigenvalue weighted by molar-refractivity contribution is -0.152. The minimum Gasteiger partial charge on any atom is -0.465 e. The van der Waals surface area contributed by atoms with Crippen LogP contribution in [-0.4, -0.2) is 50.2 Å². The van der Waals surface area contributed by atoms with E-state index in [4.69, 9.17) is 9.47 Å². The highest BCUT2D eigenvalue weighted by Gasteiger charge is 2.42. The maximum absolute atomic E-state index is 12.2. The molecule has 0 saturated carbocycles. The molecule has 18 heavy (non-hydrogen) atoms. The third-order valence-electron chi connectivity index (χ3n) is 2.99. The fourth-order valence-electron chi connectivity index (χ4n) is 1.93. The Morgan fingerprint density at radius 2 is 2.06 bits per heavy atom. The highest BCUT2D eigenvalue weighted by atomic mass is 16.5. The molecule has 0 aromatic rings. The SMILES string of the molecule is CCOC(=O)CN(C)C(=O)C1(C#N)CCOCC1. The van der Waals surface area contributed by atoms with Crippen LogP contribution in [0.2, 0.25) is 0 Å². The molecule has 1 heterocycles. The van der Waals surface area contributed by atoms with E-state index in [0.717, 1.165) is 0 Å². The van der Waals surface area contributed by atoms with Crippen molar-refractivity contribution in [2.24, 2.45) is 5.41 Å². The van der Waals surface area contributed by atoms with E-state index in [1.165, 1.54) is 11.9 Å². The number of ether oxygens (including phenoxy) is 2. The van der Waals surface area contributed by atoms with Crippen molar-refractivity contribution in [3.05, 3.63) is 0 Å². The van der Waals surface area contributed by atoms with Crippen molar-refractivity contribution < 1.29 is 19.1 Å². The number of carbonyl (C=O) groups is 2. The van der Waals surface area contributed by atoms with Crippen LogP contribution in [0, 0.1) is 16.7 Å². The van der Waals surface area contributed by atoms with Crippen molar-refractivity contribution in [3.63, 3.8) is 0 Å². The number of esters is 1. The van der Waals surface area contributed by atoms with Crippen LogP contribution in [0.15, 0.2) is 0 Å². The van der Waals surface area contributed by atoms with Gasteiger partial charge in [-0.2, -0.15) is 5.26 Å². The van der Waals surface area contributed by atoms with Gasteiger partial charge in [-0.15, -0.1) is 0 Å². The minimum atomic E-state index is -1.06. The zero-order valence-corrected chi connectivity index (χ0v) is 10.8. The summed E-state index contributed by atoms with van der Waals surface area (Å²) in [7, 11) is 1.51. The van der Waals surface area contributed by atoms with E-state index in [2.05, 4.69) is 6.07 Å². The summed E-state index contributed by atoms with van der Waals surface area (Å²) >= 11 is 0. The van der Waals surface area contributed by atoms with E-state index < -0.39 is 11.4 Å².